The highest BCUT2D eigenvalue weighted by Gasteiger charge is 2.35. The predicted octanol–water partition coefficient (Wildman–Crippen LogP) is 1.71. The summed E-state index contributed by atoms with van der Waals surface area (Å²) < 4.78 is 5.90. The molecule has 17 heavy (non-hydrogen) atoms. The summed E-state index contributed by atoms with van der Waals surface area (Å²) in [4.78, 5) is 16.0. The van der Waals surface area contributed by atoms with E-state index in [0.717, 1.165) is 16.7 Å². The zero-order valence-electron chi connectivity index (χ0n) is 9.65. The first-order valence-corrected chi connectivity index (χ1v) is 6.50. The number of ether oxygens (including phenoxy) is 1. The largest absolute Gasteiger partial charge is 0.466 e. The number of nitrogens with one attached hydrogen (secondary N) is 1. The van der Waals surface area contributed by atoms with E-state index in [-0.39, 0.29) is 17.8 Å². The Bertz CT molecular complexity index is 394. The number of hydrogen-bond acceptors (Lipinski definition) is 4. The van der Waals surface area contributed by atoms with Gasteiger partial charge in [-0.1, -0.05) is 6.07 Å². The second-order valence-corrected chi connectivity index (χ2v) is 4.85. The topological polar surface area (TPSA) is 51.2 Å². The van der Waals surface area contributed by atoms with Crippen molar-refractivity contribution >= 4 is 21.9 Å². The van der Waals surface area contributed by atoms with Crippen molar-refractivity contribution in [3.8, 4) is 0 Å². The molecule has 0 radical (unpaired) electrons. The van der Waals surface area contributed by atoms with Crippen molar-refractivity contribution in [3.05, 3.63) is 28.5 Å². The van der Waals surface area contributed by atoms with Gasteiger partial charge >= 0.3 is 5.97 Å². The van der Waals surface area contributed by atoms with Gasteiger partial charge in [-0.25, -0.2) is 4.98 Å². The summed E-state index contributed by atoms with van der Waals surface area (Å²) in [5.74, 6) is -0.0574. The predicted molar refractivity (Wildman–Crippen MR) is 67.7 cm³/mol. The quantitative estimate of drug-likeness (QED) is 0.682. The highest BCUT2D eigenvalue weighted by Crippen LogP contribution is 2.29. The number of carbonyl (C=O) groups excluding carboxylic acids is 1. The van der Waals surface area contributed by atoms with E-state index >= 15 is 0 Å². The third-order valence-electron chi connectivity index (χ3n) is 2.98. The van der Waals surface area contributed by atoms with E-state index < -0.39 is 0 Å². The van der Waals surface area contributed by atoms with E-state index in [2.05, 4.69) is 26.2 Å². The van der Waals surface area contributed by atoms with Crippen LogP contribution in [0.1, 0.15) is 18.4 Å². The normalized spacial score (nSPS) is 23.6. The van der Waals surface area contributed by atoms with Crippen LogP contribution in [0.3, 0.4) is 0 Å². The molecule has 0 spiro atoms. The molecule has 0 saturated carbocycles. The number of nitrogens with zero attached hydrogens (tertiary/aromatic N) is 1. The molecule has 92 valence electrons. The molecule has 1 fully saturated rings. The molecular formula is C12H15BrN2O2. The lowest BCUT2D eigenvalue weighted by Crippen LogP contribution is -2.24. The van der Waals surface area contributed by atoms with E-state index in [1.54, 1.807) is 0 Å². The Morgan fingerprint density at radius 2 is 2.41 bits per heavy atom. The zero-order chi connectivity index (χ0) is 12.3. The van der Waals surface area contributed by atoms with Gasteiger partial charge in [-0.2, -0.15) is 0 Å². The van der Waals surface area contributed by atoms with Crippen LogP contribution in [0.5, 0.6) is 0 Å². The summed E-state index contributed by atoms with van der Waals surface area (Å²) in [6.45, 7) is 3.74. The minimum Gasteiger partial charge on any atom is -0.466 e. The lowest BCUT2D eigenvalue weighted by Gasteiger charge is -2.17. The molecule has 4 nitrogen and oxygen atoms in total. The number of aromatic nitrogens is 1. The summed E-state index contributed by atoms with van der Waals surface area (Å²) in [7, 11) is 0. The van der Waals surface area contributed by atoms with Crippen molar-refractivity contribution < 1.29 is 9.53 Å². The number of hydrogen-bond donors (Lipinski definition) is 1. The summed E-state index contributed by atoms with van der Waals surface area (Å²) in [5.41, 5.74) is 1.08. The van der Waals surface area contributed by atoms with Crippen LogP contribution in [-0.4, -0.2) is 30.6 Å². The molecule has 2 heterocycles. The van der Waals surface area contributed by atoms with E-state index in [1.165, 1.54) is 0 Å². The van der Waals surface area contributed by atoms with Crippen molar-refractivity contribution in [2.75, 3.05) is 19.7 Å². The molecule has 0 aliphatic carbocycles. The Labute approximate surface area is 109 Å². The number of rotatable bonds is 3. The second kappa shape index (κ2) is 5.60. The van der Waals surface area contributed by atoms with Crippen molar-refractivity contribution in [1.29, 1.82) is 0 Å². The van der Waals surface area contributed by atoms with Crippen LogP contribution in [0.4, 0.5) is 0 Å². The molecule has 1 aliphatic heterocycles. The minimum atomic E-state index is -0.120. The van der Waals surface area contributed by atoms with Crippen molar-refractivity contribution in [3.63, 3.8) is 0 Å². The molecule has 0 amide bonds. The Morgan fingerprint density at radius 1 is 1.59 bits per heavy atom. The highest BCUT2D eigenvalue weighted by atomic mass is 79.9. The Balaban J connectivity index is 2.14. The van der Waals surface area contributed by atoms with Gasteiger partial charge in [-0.15, -0.1) is 0 Å². The van der Waals surface area contributed by atoms with Gasteiger partial charge in [-0.05, 0) is 34.5 Å². The third kappa shape index (κ3) is 2.84. The second-order valence-electron chi connectivity index (χ2n) is 4.04. The molecule has 1 N–H and O–H groups in total. The monoisotopic (exact) mass is 298 g/mol. The molecule has 2 atom stereocenters. The van der Waals surface area contributed by atoms with Crippen LogP contribution < -0.4 is 5.32 Å². The molecule has 0 bridgehead atoms. The first-order valence-electron chi connectivity index (χ1n) is 5.71. The maximum absolute atomic E-state index is 11.8. The van der Waals surface area contributed by atoms with Gasteiger partial charge in [-0.3, -0.25) is 4.79 Å². The van der Waals surface area contributed by atoms with E-state index in [9.17, 15) is 4.79 Å². The molecule has 5 heteroatoms. The van der Waals surface area contributed by atoms with Crippen molar-refractivity contribution in [1.82, 2.24) is 10.3 Å². The molecule has 2 unspecified atom stereocenters. The Morgan fingerprint density at radius 3 is 3.06 bits per heavy atom. The van der Waals surface area contributed by atoms with Crippen LogP contribution in [0.15, 0.2) is 22.9 Å². The van der Waals surface area contributed by atoms with Gasteiger partial charge in [0.1, 0.15) is 4.60 Å². The summed E-state index contributed by atoms with van der Waals surface area (Å²) in [6.07, 6.45) is 1.81. The fraction of sp³-hybridized carbons (Fsp3) is 0.500. The van der Waals surface area contributed by atoms with Gasteiger partial charge in [0.25, 0.3) is 0 Å². The maximum Gasteiger partial charge on any atom is 0.310 e. The number of halogens is 1. The number of carbonyl (C=O) groups is 1. The number of esters is 1. The molecular weight excluding hydrogens is 284 g/mol. The van der Waals surface area contributed by atoms with E-state index in [4.69, 9.17) is 4.74 Å². The first kappa shape index (κ1) is 12.5. The lowest BCUT2D eigenvalue weighted by atomic mass is 9.90. The zero-order valence-corrected chi connectivity index (χ0v) is 11.2. The smallest absolute Gasteiger partial charge is 0.310 e. The fourth-order valence-corrected chi connectivity index (χ4v) is 2.37. The fourth-order valence-electron chi connectivity index (χ4n) is 2.13. The molecule has 1 aliphatic rings. The number of pyridine rings is 1. The van der Waals surface area contributed by atoms with Crippen molar-refractivity contribution in [2.24, 2.45) is 5.92 Å². The van der Waals surface area contributed by atoms with Gasteiger partial charge in [0.2, 0.25) is 0 Å². The van der Waals surface area contributed by atoms with Gasteiger partial charge in [0.05, 0.1) is 12.5 Å². The SMILES string of the molecule is CCOC(=O)C1CNCC1c1ccc(Br)nc1. The lowest BCUT2D eigenvalue weighted by molar-refractivity contribution is -0.147. The standard InChI is InChI=1S/C12H15BrN2O2/c1-2-17-12(16)10-7-14-6-9(10)8-3-4-11(13)15-5-8/h3-5,9-10,14H,2,6-7H2,1H3. The molecule has 1 aromatic heterocycles. The minimum absolute atomic E-state index is 0.0991. The van der Waals surface area contributed by atoms with E-state index in [0.29, 0.717) is 13.2 Å². The van der Waals surface area contributed by atoms with Crippen LogP contribution in [0.2, 0.25) is 0 Å². The Kier molecular flexibility index (Phi) is 4.12. The highest BCUT2D eigenvalue weighted by molar-refractivity contribution is 9.10. The molecule has 2 rings (SSSR count). The van der Waals surface area contributed by atoms with Crippen LogP contribution >= 0.6 is 15.9 Å². The summed E-state index contributed by atoms with van der Waals surface area (Å²) in [6, 6.07) is 3.90. The van der Waals surface area contributed by atoms with E-state index in [1.807, 2.05) is 25.3 Å². The average molecular weight is 299 g/mol. The van der Waals surface area contributed by atoms with Gasteiger partial charge < -0.3 is 10.1 Å². The van der Waals surface area contributed by atoms with Crippen LogP contribution in [0.25, 0.3) is 0 Å². The summed E-state index contributed by atoms with van der Waals surface area (Å²) >= 11 is 3.30. The molecule has 0 aromatic carbocycles. The van der Waals surface area contributed by atoms with Crippen LogP contribution in [0, 0.1) is 5.92 Å². The van der Waals surface area contributed by atoms with Crippen molar-refractivity contribution in [2.45, 2.75) is 12.8 Å². The van der Waals surface area contributed by atoms with Gasteiger partial charge in [0.15, 0.2) is 0 Å². The third-order valence-corrected chi connectivity index (χ3v) is 3.45. The Hall–Kier alpha value is -0.940. The summed E-state index contributed by atoms with van der Waals surface area (Å²) in [5, 5.41) is 3.23. The maximum atomic E-state index is 11.8. The van der Waals surface area contributed by atoms with Crippen LogP contribution in [-0.2, 0) is 9.53 Å². The molecule has 1 saturated heterocycles. The average Bonchev–Trinajstić information content (AvgIpc) is 2.79. The molecule has 1 aromatic rings. The van der Waals surface area contributed by atoms with Gasteiger partial charge in [0, 0.05) is 25.2 Å². The first-order chi connectivity index (χ1) is 8.22.